The first-order chi connectivity index (χ1) is 8.08. The third-order valence-corrected chi connectivity index (χ3v) is 2.92. The molecule has 1 aromatic carbocycles. The Balaban J connectivity index is 2.99. The average Bonchev–Trinajstić information content (AvgIpc) is 2.28. The monoisotopic (exact) mass is 303 g/mol. The summed E-state index contributed by atoms with van der Waals surface area (Å²) in [5.74, 6) is 6.48. The van der Waals surface area contributed by atoms with Gasteiger partial charge in [0.1, 0.15) is 0 Å². The zero-order valence-corrected chi connectivity index (χ0v) is 11.9. The van der Waals surface area contributed by atoms with Gasteiger partial charge >= 0.3 is 0 Å². The molecule has 17 heavy (non-hydrogen) atoms. The maximum Gasteiger partial charge on any atom is 0.161 e. The van der Waals surface area contributed by atoms with Gasteiger partial charge in [-0.05, 0) is 38.0 Å². The predicted molar refractivity (Wildman–Crippen MR) is 70.3 cm³/mol. The normalized spacial score (nSPS) is 10.7. The summed E-state index contributed by atoms with van der Waals surface area (Å²) in [6, 6.07) is 3.84. The first-order valence-corrected chi connectivity index (χ1v) is 6.22. The number of nitrogens with two attached hydrogens (primary N) is 1. The molecule has 0 bridgehead atoms. The SMILES string of the molecule is COc1cc(Br)c(CCON)cc1OC(C)C. The van der Waals surface area contributed by atoms with Crippen LogP contribution >= 0.6 is 15.9 Å². The highest BCUT2D eigenvalue weighted by atomic mass is 79.9. The first kappa shape index (κ1) is 14.3. The number of ether oxygens (including phenoxy) is 2. The summed E-state index contributed by atoms with van der Waals surface area (Å²) in [6.07, 6.45) is 0.818. The summed E-state index contributed by atoms with van der Waals surface area (Å²) in [4.78, 5) is 4.59. The van der Waals surface area contributed by atoms with Gasteiger partial charge in [0.15, 0.2) is 11.5 Å². The molecule has 96 valence electrons. The van der Waals surface area contributed by atoms with Gasteiger partial charge in [0.25, 0.3) is 0 Å². The van der Waals surface area contributed by atoms with E-state index in [0.29, 0.717) is 12.4 Å². The molecule has 0 aliphatic carbocycles. The standard InChI is InChI=1S/C12H18BrNO3/c1-8(2)17-12-6-9(4-5-16-14)10(13)7-11(12)15-3/h6-8H,4-5,14H2,1-3H3. The second kappa shape index (κ2) is 6.83. The van der Waals surface area contributed by atoms with E-state index in [9.17, 15) is 0 Å². The van der Waals surface area contributed by atoms with Crippen LogP contribution in [0.15, 0.2) is 16.6 Å². The number of halogens is 1. The second-order valence-electron chi connectivity index (χ2n) is 3.88. The Kier molecular flexibility index (Phi) is 5.74. The molecule has 2 N–H and O–H groups in total. The zero-order chi connectivity index (χ0) is 12.8. The van der Waals surface area contributed by atoms with E-state index in [0.717, 1.165) is 22.2 Å². The predicted octanol–water partition coefficient (Wildman–Crippen LogP) is 2.68. The van der Waals surface area contributed by atoms with Crippen LogP contribution in [0.3, 0.4) is 0 Å². The van der Waals surface area contributed by atoms with E-state index in [4.69, 9.17) is 15.4 Å². The fraction of sp³-hybridized carbons (Fsp3) is 0.500. The van der Waals surface area contributed by atoms with Gasteiger partial charge in [-0.2, -0.15) is 0 Å². The van der Waals surface area contributed by atoms with Crippen LogP contribution in [-0.2, 0) is 11.3 Å². The van der Waals surface area contributed by atoms with Crippen molar-refractivity contribution in [2.75, 3.05) is 13.7 Å². The molecule has 5 heteroatoms. The number of hydrogen-bond donors (Lipinski definition) is 1. The lowest BCUT2D eigenvalue weighted by Crippen LogP contribution is -2.08. The molecule has 0 radical (unpaired) electrons. The Hall–Kier alpha value is -0.780. The van der Waals surface area contributed by atoms with E-state index in [-0.39, 0.29) is 6.10 Å². The molecule has 0 saturated carbocycles. The third-order valence-electron chi connectivity index (χ3n) is 2.18. The van der Waals surface area contributed by atoms with Crippen molar-refractivity contribution >= 4 is 15.9 Å². The lowest BCUT2D eigenvalue weighted by atomic mass is 10.1. The largest absolute Gasteiger partial charge is 0.493 e. The van der Waals surface area contributed by atoms with Gasteiger partial charge in [0.2, 0.25) is 0 Å². The van der Waals surface area contributed by atoms with E-state index in [1.54, 1.807) is 7.11 Å². The number of methoxy groups -OCH3 is 1. The summed E-state index contributed by atoms with van der Waals surface area (Å²) in [6.45, 7) is 4.42. The van der Waals surface area contributed by atoms with E-state index in [1.807, 2.05) is 26.0 Å². The molecule has 4 nitrogen and oxygen atoms in total. The van der Waals surface area contributed by atoms with E-state index < -0.39 is 0 Å². The van der Waals surface area contributed by atoms with Gasteiger partial charge in [0, 0.05) is 4.47 Å². The maximum atomic E-state index is 5.69. The van der Waals surface area contributed by atoms with Crippen molar-refractivity contribution in [3.8, 4) is 11.5 Å². The highest BCUT2D eigenvalue weighted by Crippen LogP contribution is 2.34. The molecule has 0 unspecified atom stereocenters. The van der Waals surface area contributed by atoms with Crippen LogP contribution in [0.5, 0.6) is 11.5 Å². The maximum absolute atomic E-state index is 5.69. The highest BCUT2D eigenvalue weighted by Gasteiger charge is 2.11. The van der Waals surface area contributed by atoms with Crippen LogP contribution in [-0.4, -0.2) is 19.8 Å². The van der Waals surface area contributed by atoms with Gasteiger partial charge in [-0.1, -0.05) is 15.9 Å². The van der Waals surface area contributed by atoms with Gasteiger partial charge in [0.05, 0.1) is 19.8 Å². The minimum Gasteiger partial charge on any atom is -0.493 e. The van der Waals surface area contributed by atoms with Crippen molar-refractivity contribution in [3.05, 3.63) is 22.2 Å². The van der Waals surface area contributed by atoms with Gasteiger partial charge in [-0.25, -0.2) is 5.90 Å². The fourth-order valence-electron chi connectivity index (χ4n) is 1.44. The minimum absolute atomic E-state index is 0.101. The molecular weight excluding hydrogens is 286 g/mol. The van der Waals surface area contributed by atoms with Gasteiger partial charge in [-0.3, -0.25) is 0 Å². The Bertz CT molecular complexity index is 369. The summed E-state index contributed by atoms with van der Waals surface area (Å²) in [7, 11) is 1.62. The molecule has 1 aromatic rings. The highest BCUT2D eigenvalue weighted by molar-refractivity contribution is 9.10. The molecule has 1 rings (SSSR count). The number of rotatable bonds is 6. The second-order valence-corrected chi connectivity index (χ2v) is 4.74. The van der Waals surface area contributed by atoms with Crippen molar-refractivity contribution in [2.24, 2.45) is 5.90 Å². The van der Waals surface area contributed by atoms with E-state index in [2.05, 4.69) is 20.8 Å². The Morgan fingerprint density at radius 2 is 2.00 bits per heavy atom. The first-order valence-electron chi connectivity index (χ1n) is 5.43. The molecule has 0 amide bonds. The molecule has 0 saturated heterocycles. The van der Waals surface area contributed by atoms with Crippen LogP contribution in [0.4, 0.5) is 0 Å². The molecule has 0 aliphatic heterocycles. The molecule has 0 aliphatic rings. The van der Waals surface area contributed by atoms with Crippen LogP contribution < -0.4 is 15.4 Å². The average molecular weight is 304 g/mol. The Morgan fingerprint density at radius 1 is 1.29 bits per heavy atom. The molecule has 0 fully saturated rings. The van der Waals surface area contributed by atoms with Gasteiger partial charge < -0.3 is 14.3 Å². The van der Waals surface area contributed by atoms with Crippen LogP contribution in [0.1, 0.15) is 19.4 Å². The third kappa shape index (κ3) is 4.18. The van der Waals surface area contributed by atoms with Crippen molar-refractivity contribution in [1.82, 2.24) is 0 Å². The molecule has 0 spiro atoms. The van der Waals surface area contributed by atoms with Crippen molar-refractivity contribution in [2.45, 2.75) is 26.4 Å². The summed E-state index contributed by atoms with van der Waals surface area (Å²) in [5.41, 5.74) is 1.08. The van der Waals surface area contributed by atoms with Crippen LogP contribution in [0.25, 0.3) is 0 Å². The Labute approximate surface area is 110 Å². The van der Waals surface area contributed by atoms with Crippen molar-refractivity contribution < 1.29 is 14.3 Å². The zero-order valence-electron chi connectivity index (χ0n) is 10.3. The van der Waals surface area contributed by atoms with Crippen molar-refractivity contribution in [1.29, 1.82) is 0 Å². The molecule has 0 heterocycles. The summed E-state index contributed by atoms with van der Waals surface area (Å²) >= 11 is 3.49. The molecule has 0 atom stereocenters. The van der Waals surface area contributed by atoms with E-state index >= 15 is 0 Å². The number of benzene rings is 1. The number of hydrogen-bond acceptors (Lipinski definition) is 4. The molecule has 0 aromatic heterocycles. The Morgan fingerprint density at radius 3 is 2.53 bits per heavy atom. The molecular formula is C12H18BrNO3. The summed E-state index contributed by atoms with van der Waals surface area (Å²) < 4.78 is 11.9. The smallest absolute Gasteiger partial charge is 0.161 e. The van der Waals surface area contributed by atoms with E-state index in [1.165, 1.54) is 0 Å². The topological polar surface area (TPSA) is 53.7 Å². The van der Waals surface area contributed by atoms with Crippen LogP contribution in [0.2, 0.25) is 0 Å². The summed E-state index contributed by atoms with van der Waals surface area (Å²) in [5, 5.41) is 0. The fourth-order valence-corrected chi connectivity index (χ4v) is 1.96. The lowest BCUT2D eigenvalue weighted by Gasteiger charge is -2.16. The van der Waals surface area contributed by atoms with Gasteiger partial charge in [-0.15, -0.1) is 0 Å². The lowest BCUT2D eigenvalue weighted by molar-refractivity contribution is 0.141. The van der Waals surface area contributed by atoms with Crippen LogP contribution in [0, 0.1) is 0 Å². The minimum atomic E-state index is 0.101. The quantitative estimate of drug-likeness (QED) is 0.821. The van der Waals surface area contributed by atoms with Crippen molar-refractivity contribution in [3.63, 3.8) is 0 Å².